The molecule has 0 radical (unpaired) electrons. The number of aromatic nitrogens is 1. The zero-order chi connectivity index (χ0) is 24.6. The van der Waals surface area contributed by atoms with E-state index < -0.39 is 12.0 Å². The maximum absolute atomic E-state index is 13.4. The number of amides is 2. The van der Waals surface area contributed by atoms with E-state index in [9.17, 15) is 14.4 Å². The van der Waals surface area contributed by atoms with Crippen molar-refractivity contribution >= 4 is 28.7 Å². The van der Waals surface area contributed by atoms with E-state index in [0.29, 0.717) is 25.3 Å². The van der Waals surface area contributed by atoms with E-state index in [1.165, 1.54) is 20.0 Å². The monoisotopic (exact) mass is 481 g/mol. The number of ether oxygens (including phenoxy) is 1. The van der Waals surface area contributed by atoms with E-state index in [1.54, 1.807) is 0 Å². The number of benzene rings is 1. The predicted octanol–water partition coefficient (Wildman–Crippen LogP) is 4.12. The molecule has 7 heteroatoms. The number of methoxy groups -OCH3 is 1. The SMILES string of the molecule is COC(=O)C[C@@H](CC1CCCC1)C(=O)NC1Cc2cn(c3ccccc23)CCCCCCNC1=O. The fourth-order valence-electron chi connectivity index (χ4n) is 5.70. The maximum Gasteiger partial charge on any atom is 0.306 e. The summed E-state index contributed by atoms with van der Waals surface area (Å²) in [5.74, 6) is -0.806. The molecule has 0 spiro atoms. The van der Waals surface area contributed by atoms with Crippen LogP contribution in [0.2, 0.25) is 0 Å². The van der Waals surface area contributed by atoms with Crippen molar-refractivity contribution in [2.75, 3.05) is 13.7 Å². The van der Waals surface area contributed by atoms with Gasteiger partial charge >= 0.3 is 5.97 Å². The quantitative estimate of drug-likeness (QED) is 0.608. The normalized spacial score (nSPS) is 20.8. The number of hydrogen-bond donors (Lipinski definition) is 2. The number of carbonyl (C=O) groups excluding carboxylic acids is 3. The minimum atomic E-state index is -0.689. The Morgan fingerprint density at radius 3 is 2.69 bits per heavy atom. The lowest BCUT2D eigenvalue weighted by Crippen LogP contribution is -2.50. The summed E-state index contributed by atoms with van der Waals surface area (Å²) in [5.41, 5.74) is 2.22. The summed E-state index contributed by atoms with van der Waals surface area (Å²) in [6.07, 6.45) is 12.0. The number of nitrogens with zero attached hydrogens (tertiary/aromatic N) is 1. The first kappa shape index (κ1) is 25.3. The third-order valence-electron chi connectivity index (χ3n) is 7.66. The number of fused-ring (bicyclic) bond motifs is 5. The van der Waals surface area contributed by atoms with E-state index in [0.717, 1.165) is 61.5 Å². The molecule has 2 amide bonds. The number of rotatable bonds is 6. The topological polar surface area (TPSA) is 89.4 Å². The molecule has 4 rings (SSSR count). The molecule has 2 heterocycles. The first-order chi connectivity index (χ1) is 17.0. The summed E-state index contributed by atoms with van der Waals surface area (Å²) in [7, 11) is 1.35. The number of aryl methyl sites for hydroxylation is 1. The third-order valence-corrected chi connectivity index (χ3v) is 7.66. The molecule has 35 heavy (non-hydrogen) atoms. The van der Waals surface area contributed by atoms with Crippen LogP contribution in [-0.4, -0.2) is 42.0 Å². The highest BCUT2D eigenvalue weighted by Gasteiger charge is 2.31. The fourth-order valence-corrected chi connectivity index (χ4v) is 5.70. The van der Waals surface area contributed by atoms with Gasteiger partial charge in [-0.15, -0.1) is 0 Å². The fraction of sp³-hybridized carbons (Fsp3) is 0.607. The standard InChI is InChI=1S/C28H39N3O4/c1-35-26(32)18-21(16-20-10-4-5-11-20)27(33)30-24-17-22-19-31(25-13-7-6-12-23(22)25)15-9-3-2-8-14-29-28(24)34/h6-7,12-13,19-21,24H,2-5,8-11,14-18H2,1H3,(H,29,34)(H,30,33)/t21-,24?/m1/s1. The smallest absolute Gasteiger partial charge is 0.306 e. The Kier molecular flexibility index (Phi) is 8.83. The molecule has 2 aromatic rings. The van der Waals surface area contributed by atoms with Crippen molar-refractivity contribution in [1.29, 1.82) is 0 Å². The molecule has 2 atom stereocenters. The van der Waals surface area contributed by atoms with Gasteiger partial charge in [0, 0.05) is 42.5 Å². The van der Waals surface area contributed by atoms with Crippen LogP contribution in [0.25, 0.3) is 10.9 Å². The first-order valence-corrected chi connectivity index (χ1v) is 13.3. The second-order valence-electron chi connectivity index (χ2n) is 10.2. The van der Waals surface area contributed by atoms with Crippen molar-refractivity contribution in [3.8, 4) is 0 Å². The van der Waals surface area contributed by atoms with Crippen molar-refractivity contribution < 1.29 is 19.1 Å². The van der Waals surface area contributed by atoms with Gasteiger partial charge in [0.05, 0.1) is 13.5 Å². The van der Waals surface area contributed by atoms with Crippen molar-refractivity contribution in [3.05, 3.63) is 36.0 Å². The van der Waals surface area contributed by atoms with E-state index in [2.05, 4.69) is 33.5 Å². The lowest BCUT2D eigenvalue weighted by molar-refractivity contribution is -0.144. The van der Waals surface area contributed by atoms with Crippen LogP contribution in [0.5, 0.6) is 0 Å². The number of esters is 1. The Labute approximate surface area is 208 Å². The lowest BCUT2D eigenvalue weighted by atomic mass is 9.89. The van der Waals surface area contributed by atoms with Crippen LogP contribution in [0.15, 0.2) is 30.5 Å². The molecule has 1 unspecified atom stereocenters. The summed E-state index contributed by atoms with van der Waals surface area (Å²) >= 11 is 0. The summed E-state index contributed by atoms with van der Waals surface area (Å²) < 4.78 is 7.15. The summed E-state index contributed by atoms with van der Waals surface area (Å²) in [6, 6.07) is 7.57. The van der Waals surface area contributed by atoms with Crippen LogP contribution in [-0.2, 0) is 32.1 Å². The van der Waals surface area contributed by atoms with Crippen LogP contribution in [0.1, 0.15) is 69.8 Å². The van der Waals surface area contributed by atoms with Gasteiger partial charge in [-0.2, -0.15) is 0 Å². The van der Waals surface area contributed by atoms with Gasteiger partial charge in [-0.3, -0.25) is 14.4 Å². The first-order valence-electron chi connectivity index (χ1n) is 13.3. The van der Waals surface area contributed by atoms with Gasteiger partial charge in [-0.25, -0.2) is 0 Å². The van der Waals surface area contributed by atoms with Gasteiger partial charge in [0.1, 0.15) is 6.04 Å². The molecule has 2 N–H and O–H groups in total. The molecule has 1 aromatic heterocycles. The molecule has 7 nitrogen and oxygen atoms in total. The minimum Gasteiger partial charge on any atom is -0.469 e. The Morgan fingerprint density at radius 1 is 1.11 bits per heavy atom. The van der Waals surface area contributed by atoms with E-state index in [4.69, 9.17) is 4.74 Å². The molecular formula is C28H39N3O4. The molecule has 1 aliphatic carbocycles. The predicted molar refractivity (Wildman–Crippen MR) is 136 cm³/mol. The van der Waals surface area contributed by atoms with Crippen molar-refractivity contribution in [3.63, 3.8) is 0 Å². The molecule has 2 aliphatic rings. The van der Waals surface area contributed by atoms with Gasteiger partial charge in [0.25, 0.3) is 0 Å². The van der Waals surface area contributed by atoms with Gasteiger partial charge in [0.15, 0.2) is 0 Å². The largest absolute Gasteiger partial charge is 0.469 e. The zero-order valence-corrected chi connectivity index (χ0v) is 20.9. The summed E-state index contributed by atoms with van der Waals surface area (Å²) in [5, 5.41) is 7.19. The zero-order valence-electron chi connectivity index (χ0n) is 20.9. The Morgan fingerprint density at radius 2 is 1.89 bits per heavy atom. The number of carbonyl (C=O) groups is 3. The van der Waals surface area contributed by atoms with Gasteiger partial charge in [-0.1, -0.05) is 56.7 Å². The lowest BCUT2D eigenvalue weighted by Gasteiger charge is -2.23. The molecule has 1 fully saturated rings. The molecule has 0 saturated heterocycles. The van der Waals surface area contributed by atoms with E-state index in [1.807, 2.05) is 12.1 Å². The van der Waals surface area contributed by atoms with E-state index in [-0.39, 0.29) is 24.2 Å². The third kappa shape index (κ3) is 6.65. The van der Waals surface area contributed by atoms with Gasteiger partial charge < -0.3 is 19.9 Å². The minimum absolute atomic E-state index is 0.0481. The summed E-state index contributed by atoms with van der Waals surface area (Å²) in [6.45, 7) is 1.56. The molecule has 2 bridgehead atoms. The molecule has 1 aromatic carbocycles. The molecule has 1 saturated carbocycles. The van der Waals surface area contributed by atoms with Crippen LogP contribution in [0.3, 0.4) is 0 Å². The van der Waals surface area contributed by atoms with Crippen molar-refractivity contribution in [1.82, 2.24) is 15.2 Å². The second-order valence-corrected chi connectivity index (χ2v) is 10.2. The molecular weight excluding hydrogens is 442 g/mol. The highest BCUT2D eigenvalue weighted by atomic mass is 16.5. The maximum atomic E-state index is 13.4. The van der Waals surface area contributed by atoms with Crippen LogP contribution in [0, 0.1) is 11.8 Å². The number of nitrogens with one attached hydrogen (secondary N) is 2. The highest BCUT2D eigenvalue weighted by molar-refractivity contribution is 5.91. The number of para-hydroxylation sites is 1. The van der Waals surface area contributed by atoms with Crippen LogP contribution in [0.4, 0.5) is 0 Å². The number of hydrogen-bond acceptors (Lipinski definition) is 4. The van der Waals surface area contributed by atoms with E-state index >= 15 is 0 Å². The second kappa shape index (κ2) is 12.2. The Bertz CT molecular complexity index is 1020. The summed E-state index contributed by atoms with van der Waals surface area (Å²) in [4.78, 5) is 38.8. The average Bonchev–Trinajstić information content (AvgIpc) is 3.50. The Hall–Kier alpha value is -2.83. The van der Waals surface area contributed by atoms with Crippen molar-refractivity contribution in [2.24, 2.45) is 11.8 Å². The molecule has 1 aliphatic heterocycles. The van der Waals surface area contributed by atoms with Gasteiger partial charge in [-0.05, 0) is 36.8 Å². The van der Waals surface area contributed by atoms with Crippen LogP contribution >= 0.6 is 0 Å². The van der Waals surface area contributed by atoms with Gasteiger partial charge in [0.2, 0.25) is 11.8 Å². The Balaban J connectivity index is 1.57. The van der Waals surface area contributed by atoms with Crippen LogP contribution < -0.4 is 10.6 Å². The van der Waals surface area contributed by atoms with Crippen molar-refractivity contribution in [2.45, 2.75) is 83.2 Å². The molecule has 190 valence electrons. The average molecular weight is 482 g/mol. The highest BCUT2D eigenvalue weighted by Crippen LogP contribution is 2.32.